The van der Waals surface area contributed by atoms with Crippen molar-refractivity contribution < 1.29 is 4.79 Å². The van der Waals surface area contributed by atoms with Crippen molar-refractivity contribution >= 4 is 17.2 Å². The summed E-state index contributed by atoms with van der Waals surface area (Å²) in [5.74, 6) is -0.172. The molecule has 5 heteroatoms. The summed E-state index contributed by atoms with van der Waals surface area (Å²) in [6.45, 7) is 8.10. The highest BCUT2D eigenvalue weighted by atomic mass is 16.1. The second-order valence-electron chi connectivity index (χ2n) is 7.29. The number of aromatic nitrogens is 3. The Morgan fingerprint density at radius 3 is 2.48 bits per heavy atom. The third kappa shape index (κ3) is 3.40. The van der Waals surface area contributed by atoms with Gasteiger partial charge in [-0.2, -0.15) is 5.10 Å². The van der Waals surface area contributed by atoms with Gasteiger partial charge < -0.3 is 5.32 Å². The van der Waals surface area contributed by atoms with Crippen LogP contribution in [0.2, 0.25) is 0 Å². The van der Waals surface area contributed by atoms with Crippen LogP contribution in [0.1, 0.15) is 39.8 Å². The fourth-order valence-corrected chi connectivity index (χ4v) is 3.63. The van der Waals surface area contributed by atoms with Crippen LogP contribution >= 0.6 is 0 Å². The number of rotatable bonds is 4. The number of anilines is 1. The Labute approximate surface area is 170 Å². The molecule has 2 aromatic carbocycles. The average molecular weight is 384 g/mol. The quantitative estimate of drug-likeness (QED) is 0.530. The first-order valence-corrected chi connectivity index (χ1v) is 9.80. The van der Waals surface area contributed by atoms with Crippen LogP contribution < -0.4 is 5.32 Å². The topological polar surface area (TPSA) is 59.3 Å². The van der Waals surface area contributed by atoms with Gasteiger partial charge in [0.05, 0.1) is 17.0 Å². The van der Waals surface area contributed by atoms with Gasteiger partial charge in [0.2, 0.25) is 0 Å². The molecule has 0 aliphatic heterocycles. The molecular formula is C24H24N4O. The minimum atomic E-state index is -0.172. The fraction of sp³-hybridized carbons (Fsp3) is 0.208. The van der Waals surface area contributed by atoms with Crippen molar-refractivity contribution in [1.29, 1.82) is 0 Å². The lowest BCUT2D eigenvalue weighted by molar-refractivity contribution is 0.102. The molecule has 0 aliphatic carbocycles. The van der Waals surface area contributed by atoms with Gasteiger partial charge in [0.1, 0.15) is 0 Å². The molecular weight excluding hydrogens is 360 g/mol. The Morgan fingerprint density at radius 2 is 1.79 bits per heavy atom. The Hall–Kier alpha value is -3.47. The van der Waals surface area contributed by atoms with Crippen LogP contribution in [0.3, 0.4) is 0 Å². The molecule has 5 nitrogen and oxygen atoms in total. The van der Waals surface area contributed by atoms with Crippen molar-refractivity contribution in [3.8, 4) is 11.1 Å². The van der Waals surface area contributed by atoms with Crippen LogP contribution in [0.5, 0.6) is 0 Å². The number of aryl methyl sites for hydroxylation is 4. The van der Waals surface area contributed by atoms with Crippen molar-refractivity contribution in [2.75, 3.05) is 5.32 Å². The third-order valence-corrected chi connectivity index (χ3v) is 5.33. The Kier molecular flexibility index (Phi) is 4.89. The van der Waals surface area contributed by atoms with Crippen LogP contribution in [0.25, 0.3) is 16.8 Å². The predicted molar refractivity (Wildman–Crippen MR) is 116 cm³/mol. The maximum absolute atomic E-state index is 13.0. The SMILES string of the molecule is CCc1c(C(=O)Nc2ccc(C)c(C)c2)cnc2c(-c3ccccc3)c(C)nn12. The Balaban J connectivity index is 1.78. The number of hydrogen-bond donors (Lipinski definition) is 1. The van der Waals surface area contributed by atoms with E-state index in [1.165, 1.54) is 5.56 Å². The highest BCUT2D eigenvalue weighted by Crippen LogP contribution is 2.28. The summed E-state index contributed by atoms with van der Waals surface area (Å²) >= 11 is 0. The lowest BCUT2D eigenvalue weighted by Gasteiger charge is -2.11. The molecule has 0 atom stereocenters. The molecule has 0 fully saturated rings. The molecule has 0 saturated carbocycles. The molecule has 2 heterocycles. The summed E-state index contributed by atoms with van der Waals surface area (Å²) in [5.41, 5.74) is 8.24. The van der Waals surface area contributed by atoms with Gasteiger partial charge in [0.15, 0.2) is 5.65 Å². The highest BCUT2D eigenvalue weighted by Gasteiger charge is 2.20. The molecule has 0 radical (unpaired) electrons. The third-order valence-electron chi connectivity index (χ3n) is 5.33. The van der Waals surface area contributed by atoms with Gasteiger partial charge >= 0.3 is 0 Å². The summed E-state index contributed by atoms with van der Waals surface area (Å²) in [6.07, 6.45) is 2.34. The summed E-state index contributed by atoms with van der Waals surface area (Å²) in [6, 6.07) is 16.0. The van der Waals surface area contributed by atoms with Gasteiger partial charge in [-0.05, 0) is 56.0 Å². The molecule has 146 valence electrons. The zero-order valence-electron chi connectivity index (χ0n) is 17.2. The molecule has 1 N–H and O–H groups in total. The van der Waals surface area contributed by atoms with Crippen LogP contribution in [0, 0.1) is 20.8 Å². The monoisotopic (exact) mass is 384 g/mol. The lowest BCUT2D eigenvalue weighted by atomic mass is 10.1. The number of amides is 1. The normalized spacial score (nSPS) is 11.0. The van der Waals surface area contributed by atoms with Gasteiger partial charge in [0.25, 0.3) is 5.91 Å². The van der Waals surface area contributed by atoms with Crippen molar-refractivity contribution in [3.63, 3.8) is 0 Å². The van der Waals surface area contributed by atoms with Crippen molar-refractivity contribution in [2.45, 2.75) is 34.1 Å². The van der Waals surface area contributed by atoms with Crippen molar-refractivity contribution in [3.05, 3.63) is 82.8 Å². The fourth-order valence-electron chi connectivity index (χ4n) is 3.63. The number of hydrogen-bond acceptors (Lipinski definition) is 3. The molecule has 4 aromatic rings. The summed E-state index contributed by atoms with van der Waals surface area (Å²) < 4.78 is 1.81. The standard InChI is InChI=1S/C24H24N4O/c1-5-21-20(24(29)26-19-12-11-15(2)16(3)13-19)14-25-23-22(17(4)27-28(21)23)18-9-7-6-8-10-18/h6-14H,5H2,1-4H3,(H,26,29). The van der Waals surface area contributed by atoms with Gasteiger partial charge in [0, 0.05) is 17.4 Å². The van der Waals surface area contributed by atoms with Gasteiger partial charge in [-0.3, -0.25) is 4.79 Å². The summed E-state index contributed by atoms with van der Waals surface area (Å²) in [4.78, 5) is 17.6. The maximum atomic E-state index is 13.0. The minimum Gasteiger partial charge on any atom is -0.322 e. The molecule has 0 spiro atoms. The maximum Gasteiger partial charge on any atom is 0.259 e. The van der Waals surface area contributed by atoms with E-state index in [9.17, 15) is 4.79 Å². The molecule has 0 unspecified atom stereocenters. The molecule has 0 aliphatic rings. The second kappa shape index (κ2) is 7.51. The van der Waals surface area contributed by atoms with E-state index >= 15 is 0 Å². The van der Waals surface area contributed by atoms with E-state index in [1.54, 1.807) is 6.20 Å². The number of carbonyl (C=O) groups is 1. The molecule has 29 heavy (non-hydrogen) atoms. The van der Waals surface area contributed by atoms with Crippen molar-refractivity contribution in [1.82, 2.24) is 14.6 Å². The summed E-state index contributed by atoms with van der Waals surface area (Å²) in [5, 5.41) is 7.71. The van der Waals surface area contributed by atoms with E-state index in [2.05, 4.69) is 29.4 Å². The number of nitrogens with one attached hydrogen (secondary N) is 1. The van der Waals surface area contributed by atoms with Gasteiger partial charge in [-0.15, -0.1) is 0 Å². The van der Waals surface area contributed by atoms with Crippen LogP contribution in [0.4, 0.5) is 5.69 Å². The Morgan fingerprint density at radius 1 is 1.03 bits per heavy atom. The van der Waals surface area contributed by atoms with Crippen LogP contribution in [0.15, 0.2) is 54.7 Å². The number of nitrogens with zero attached hydrogens (tertiary/aromatic N) is 3. The summed E-state index contributed by atoms with van der Waals surface area (Å²) in [7, 11) is 0. The zero-order valence-corrected chi connectivity index (χ0v) is 17.2. The lowest BCUT2D eigenvalue weighted by Crippen LogP contribution is -2.17. The predicted octanol–water partition coefficient (Wildman–Crippen LogP) is 5.14. The van der Waals surface area contributed by atoms with E-state index < -0.39 is 0 Å². The number of fused-ring (bicyclic) bond motifs is 1. The number of benzene rings is 2. The van der Waals surface area contributed by atoms with E-state index in [-0.39, 0.29) is 5.91 Å². The number of carbonyl (C=O) groups excluding carboxylic acids is 1. The first-order chi connectivity index (χ1) is 14.0. The molecule has 2 aromatic heterocycles. The largest absolute Gasteiger partial charge is 0.322 e. The highest BCUT2D eigenvalue weighted by molar-refractivity contribution is 6.05. The minimum absolute atomic E-state index is 0.172. The smallest absolute Gasteiger partial charge is 0.259 e. The zero-order chi connectivity index (χ0) is 20.5. The van der Waals surface area contributed by atoms with Gasteiger partial charge in [-0.25, -0.2) is 9.50 Å². The van der Waals surface area contributed by atoms with Crippen LogP contribution in [-0.2, 0) is 6.42 Å². The molecule has 0 bridgehead atoms. The Bertz CT molecular complexity index is 1210. The van der Waals surface area contributed by atoms with E-state index in [1.807, 2.05) is 61.7 Å². The molecule has 0 saturated heterocycles. The first-order valence-electron chi connectivity index (χ1n) is 9.80. The average Bonchev–Trinajstić information content (AvgIpc) is 3.06. The van der Waals surface area contributed by atoms with Gasteiger partial charge in [-0.1, -0.05) is 43.3 Å². The van der Waals surface area contributed by atoms with Crippen LogP contribution in [-0.4, -0.2) is 20.5 Å². The van der Waals surface area contributed by atoms with Crippen molar-refractivity contribution in [2.24, 2.45) is 0 Å². The van der Waals surface area contributed by atoms with E-state index in [0.29, 0.717) is 12.0 Å². The molecule has 4 rings (SSSR count). The van der Waals surface area contributed by atoms with E-state index in [4.69, 9.17) is 5.10 Å². The second-order valence-corrected chi connectivity index (χ2v) is 7.29. The molecule has 1 amide bonds. The van der Waals surface area contributed by atoms with E-state index in [0.717, 1.165) is 39.4 Å². The first kappa shape index (κ1) is 18.9.